The van der Waals surface area contributed by atoms with Crippen LogP contribution in [0.4, 0.5) is 5.69 Å². The van der Waals surface area contributed by atoms with Crippen molar-refractivity contribution in [2.75, 3.05) is 51.8 Å². The first kappa shape index (κ1) is 23.6. The molecule has 1 unspecified atom stereocenters. The Morgan fingerprint density at radius 2 is 2.00 bits per heavy atom. The Morgan fingerprint density at radius 3 is 2.59 bits per heavy atom. The maximum absolute atomic E-state index is 13.0. The fraction of sp³-hybridized carbons (Fsp3) is 0.588. The van der Waals surface area contributed by atoms with E-state index in [9.17, 15) is 13.2 Å². The lowest BCUT2D eigenvalue weighted by atomic mass is 10.1. The van der Waals surface area contributed by atoms with Gasteiger partial charge in [0.2, 0.25) is 15.9 Å². The van der Waals surface area contributed by atoms with Crippen molar-refractivity contribution in [1.82, 2.24) is 9.62 Å². The number of sulfonamides is 1. The predicted octanol–water partition coefficient (Wildman–Crippen LogP) is 1.32. The average molecular weight is 422 g/mol. The number of carbonyl (C=O) groups excluding carboxylic acids is 1. The molecule has 2 rings (SSSR count). The van der Waals surface area contributed by atoms with Crippen LogP contribution in [0, 0.1) is 5.92 Å². The van der Waals surface area contributed by atoms with Gasteiger partial charge in [-0.05, 0) is 32.2 Å². The lowest BCUT2D eigenvalue weighted by Crippen LogP contribution is -2.40. The van der Waals surface area contributed by atoms with Gasteiger partial charge >= 0.3 is 0 Å². The van der Waals surface area contributed by atoms with Crippen LogP contribution in [-0.4, -0.2) is 65.1 Å². The summed E-state index contributed by atoms with van der Waals surface area (Å²) in [7, 11) is -1.97. The van der Waals surface area contributed by atoms with Gasteiger partial charge in [0.15, 0.2) is 0 Å². The molecule has 154 valence electrons. The first-order valence-corrected chi connectivity index (χ1v) is 10.1. The van der Waals surface area contributed by atoms with Crippen molar-refractivity contribution in [1.29, 1.82) is 0 Å². The average Bonchev–Trinajstić information content (AvgIpc) is 2.64. The van der Waals surface area contributed by atoms with Crippen LogP contribution in [0.3, 0.4) is 0 Å². The largest absolute Gasteiger partial charge is 0.492 e. The van der Waals surface area contributed by atoms with E-state index in [2.05, 4.69) is 10.6 Å². The molecule has 1 aromatic rings. The van der Waals surface area contributed by atoms with E-state index < -0.39 is 10.0 Å². The van der Waals surface area contributed by atoms with E-state index in [1.807, 2.05) is 0 Å². The third-order valence-electron chi connectivity index (χ3n) is 4.06. The standard InChI is InChI=1S/C17H27N3O5S.ClH/c1-4-25-15-6-5-14(19-17(21)13(2)12-18-3)11-16(15)26(22,23)20-7-9-24-10-8-20;/h5-6,11,13,18H,4,7-10,12H2,1-3H3,(H,19,21);1H. The molecule has 1 fully saturated rings. The number of nitrogens with zero attached hydrogens (tertiary/aromatic N) is 1. The molecule has 0 saturated carbocycles. The third kappa shape index (κ3) is 6.05. The van der Waals surface area contributed by atoms with Crippen molar-refractivity contribution < 1.29 is 22.7 Å². The van der Waals surface area contributed by atoms with E-state index >= 15 is 0 Å². The van der Waals surface area contributed by atoms with Gasteiger partial charge < -0.3 is 20.1 Å². The molecular formula is C17H28ClN3O5S. The summed E-state index contributed by atoms with van der Waals surface area (Å²) >= 11 is 0. The summed E-state index contributed by atoms with van der Waals surface area (Å²) in [6.07, 6.45) is 0. The number of ether oxygens (including phenoxy) is 2. The molecule has 1 saturated heterocycles. The first-order chi connectivity index (χ1) is 12.4. The number of carbonyl (C=O) groups is 1. The fourth-order valence-corrected chi connectivity index (χ4v) is 4.22. The molecule has 1 amide bonds. The molecule has 1 aliphatic rings. The van der Waals surface area contributed by atoms with E-state index in [0.29, 0.717) is 45.1 Å². The summed E-state index contributed by atoms with van der Waals surface area (Å²) in [4.78, 5) is 12.3. The maximum atomic E-state index is 13.0. The van der Waals surface area contributed by atoms with Gasteiger partial charge in [-0.1, -0.05) is 6.92 Å². The number of anilines is 1. The summed E-state index contributed by atoms with van der Waals surface area (Å²) in [6, 6.07) is 4.68. The molecule has 0 bridgehead atoms. The van der Waals surface area contributed by atoms with Crippen LogP contribution >= 0.6 is 12.4 Å². The monoisotopic (exact) mass is 421 g/mol. The zero-order valence-corrected chi connectivity index (χ0v) is 17.5. The lowest BCUT2D eigenvalue weighted by Gasteiger charge is -2.27. The van der Waals surface area contributed by atoms with Crippen molar-refractivity contribution in [2.24, 2.45) is 5.92 Å². The highest BCUT2D eigenvalue weighted by Gasteiger charge is 2.30. The third-order valence-corrected chi connectivity index (χ3v) is 5.98. The molecule has 1 atom stereocenters. The van der Waals surface area contributed by atoms with Crippen LogP contribution in [0.2, 0.25) is 0 Å². The number of nitrogens with one attached hydrogen (secondary N) is 2. The second-order valence-electron chi connectivity index (χ2n) is 6.06. The first-order valence-electron chi connectivity index (χ1n) is 8.70. The Morgan fingerprint density at radius 1 is 1.33 bits per heavy atom. The summed E-state index contributed by atoms with van der Waals surface area (Å²) in [5, 5.41) is 5.71. The Bertz CT molecular complexity index is 723. The van der Waals surface area contributed by atoms with Gasteiger partial charge in [-0.2, -0.15) is 4.31 Å². The summed E-state index contributed by atoms with van der Waals surface area (Å²) in [6.45, 7) is 5.78. The Balaban J connectivity index is 0.00000364. The molecular weight excluding hydrogens is 394 g/mol. The SMILES string of the molecule is CCOc1ccc(NC(=O)C(C)CNC)cc1S(=O)(=O)N1CCOCC1.Cl. The maximum Gasteiger partial charge on any atom is 0.246 e. The Kier molecular flexibility index (Phi) is 9.48. The highest BCUT2D eigenvalue weighted by Crippen LogP contribution is 2.30. The zero-order chi connectivity index (χ0) is 19.2. The molecule has 0 aromatic heterocycles. The molecule has 2 N–H and O–H groups in total. The molecule has 10 heteroatoms. The fourth-order valence-electron chi connectivity index (χ4n) is 2.65. The number of amides is 1. The van der Waals surface area contributed by atoms with Crippen LogP contribution in [0.1, 0.15) is 13.8 Å². The number of morpholine rings is 1. The van der Waals surface area contributed by atoms with E-state index in [0.717, 1.165) is 0 Å². The Hall–Kier alpha value is -1.39. The molecule has 0 aliphatic carbocycles. The molecule has 0 radical (unpaired) electrons. The van der Waals surface area contributed by atoms with Crippen LogP contribution < -0.4 is 15.4 Å². The molecule has 0 spiro atoms. The number of halogens is 1. The van der Waals surface area contributed by atoms with Crippen LogP contribution in [0.25, 0.3) is 0 Å². The van der Waals surface area contributed by atoms with Crippen molar-refractivity contribution in [3.63, 3.8) is 0 Å². The van der Waals surface area contributed by atoms with Gasteiger partial charge in [0.05, 0.1) is 19.8 Å². The predicted molar refractivity (Wildman–Crippen MR) is 106 cm³/mol. The number of benzene rings is 1. The minimum Gasteiger partial charge on any atom is -0.492 e. The van der Waals surface area contributed by atoms with Crippen LogP contribution in [0.15, 0.2) is 23.1 Å². The quantitative estimate of drug-likeness (QED) is 0.657. The van der Waals surface area contributed by atoms with Crippen molar-refractivity contribution in [2.45, 2.75) is 18.7 Å². The van der Waals surface area contributed by atoms with Crippen molar-refractivity contribution in [3.05, 3.63) is 18.2 Å². The number of hydrogen-bond acceptors (Lipinski definition) is 6. The molecule has 8 nitrogen and oxygen atoms in total. The Labute approximate surface area is 167 Å². The summed E-state index contributed by atoms with van der Waals surface area (Å²) in [5.74, 6) is -0.149. The highest BCUT2D eigenvalue weighted by molar-refractivity contribution is 7.89. The van der Waals surface area contributed by atoms with Gasteiger partial charge in [0, 0.05) is 31.2 Å². The van der Waals surface area contributed by atoms with Gasteiger partial charge in [-0.3, -0.25) is 4.79 Å². The van der Waals surface area contributed by atoms with E-state index in [1.165, 1.54) is 10.4 Å². The van der Waals surface area contributed by atoms with E-state index in [4.69, 9.17) is 9.47 Å². The summed E-state index contributed by atoms with van der Waals surface area (Å²) < 4.78 is 38.2. The highest BCUT2D eigenvalue weighted by atomic mass is 35.5. The van der Waals surface area contributed by atoms with Crippen molar-refractivity contribution in [3.8, 4) is 5.75 Å². The summed E-state index contributed by atoms with van der Waals surface area (Å²) in [5.41, 5.74) is 0.424. The normalized spacial score (nSPS) is 16.3. The van der Waals surface area contributed by atoms with Gasteiger partial charge in [0.1, 0.15) is 10.6 Å². The van der Waals surface area contributed by atoms with Crippen molar-refractivity contribution >= 4 is 34.0 Å². The minimum atomic E-state index is -3.74. The van der Waals surface area contributed by atoms with Crippen LogP contribution in [0.5, 0.6) is 5.75 Å². The molecule has 27 heavy (non-hydrogen) atoms. The topological polar surface area (TPSA) is 97.0 Å². The molecule has 1 aromatic carbocycles. The molecule has 1 heterocycles. The number of hydrogen-bond donors (Lipinski definition) is 2. The van der Waals surface area contributed by atoms with Gasteiger partial charge in [0.25, 0.3) is 0 Å². The number of rotatable bonds is 8. The lowest BCUT2D eigenvalue weighted by molar-refractivity contribution is -0.119. The zero-order valence-electron chi connectivity index (χ0n) is 15.9. The van der Waals surface area contributed by atoms with Gasteiger partial charge in [-0.25, -0.2) is 8.42 Å². The van der Waals surface area contributed by atoms with Crippen LogP contribution in [-0.2, 0) is 19.6 Å². The minimum absolute atomic E-state index is 0. The van der Waals surface area contributed by atoms with E-state index in [-0.39, 0.29) is 34.9 Å². The second kappa shape index (κ2) is 10.8. The smallest absolute Gasteiger partial charge is 0.246 e. The molecule has 1 aliphatic heterocycles. The van der Waals surface area contributed by atoms with Gasteiger partial charge in [-0.15, -0.1) is 12.4 Å². The second-order valence-corrected chi connectivity index (χ2v) is 7.97. The van der Waals surface area contributed by atoms with E-state index in [1.54, 1.807) is 33.0 Å².